The monoisotopic (exact) mass is 194 g/mol. The van der Waals surface area contributed by atoms with Crippen LogP contribution in [0.4, 0.5) is 0 Å². The van der Waals surface area contributed by atoms with Crippen molar-refractivity contribution in [1.82, 2.24) is 0 Å². The number of Topliss-reactive ketones (excluding diaryl/α,β-unsaturated/α-hetero) is 2. The second-order valence-corrected chi connectivity index (χ2v) is 4.95. The van der Waals surface area contributed by atoms with Crippen LogP contribution in [0.5, 0.6) is 0 Å². The molecule has 0 N–H and O–H groups in total. The van der Waals surface area contributed by atoms with E-state index in [4.69, 9.17) is 0 Å². The highest BCUT2D eigenvalue weighted by molar-refractivity contribution is 5.88. The SMILES string of the molecule is CC(=O)C1C2CCC(CC2)C1C(C)=O. The Morgan fingerprint density at radius 2 is 1.07 bits per heavy atom. The fourth-order valence-electron chi connectivity index (χ4n) is 3.62. The molecule has 0 aromatic heterocycles. The Labute approximate surface area is 85.1 Å². The van der Waals surface area contributed by atoms with Crippen LogP contribution in [0.25, 0.3) is 0 Å². The number of rotatable bonds is 2. The van der Waals surface area contributed by atoms with Gasteiger partial charge in [-0.3, -0.25) is 9.59 Å². The van der Waals surface area contributed by atoms with Gasteiger partial charge in [0.25, 0.3) is 0 Å². The van der Waals surface area contributed by atoms with Crippen LogP contribution in [0.2, 0.25) is 0 Å². The van der Waals surface area contributed by atoms with Crippen molar-refractivity contribution in [3.05, 3.63) is 0 Å². The minimum absolute atomic E-state index is 0.0556. The lowest BCUT2D eigenvalue weighted by molar-refractivity contribution is -0.140. The minimum atomic E-state index is 0.0556. The number of ketones is 2. The van der Waals surface area contributed by atoms with Gasteiger partial charge >= 0.3 is 0 Å². The molecular formula is C12H18O2. The van der Waals surface area contributed by atoms with Gasteiger partial charge in [-0.2, -0.15) is 0 Å². The molecule has 0 saturated heterocycles. The van der Waals surface area contributed by atoms with Crippen molar-refractivity contribution in [2.75, 3.05) is 0 Å². The van der Waals surface area contributed by atoms with E-state index in [-0.39, 0.29) is 23.4 Å². The number of carbonyl (C=O) groups is 2. The summed E-state index contributed by atoms with van der Waals surface area (Å²) in [5.74, 6) is 1.59. The molecular weight excluding hydrogens is 176 g/mol. The molecule has 14 heavy (non-hydrogen) atoms. The third-order valence-corrected chi connectivity index (χ3v) is 4.16. The van der Waals surface area contributed by atoms with Crippen molar-refractivity contribution in [2.24, 2.45) is 23.7 Å². The van der Waals surface area contributed by atoms with Gasteiger partial charge in [0.15, 0.2) is 0 Å². The molecule has 0 heterocycles. The number of fused-ring (bicyclic) bond motifs is 3. The first-order valence-electron chi connectivity index (χ1n) is 5.62. The summed E-state index contributed by atoms with van der Waals surface area (Å²) in [6, 6.07) is 0. The van der Waals surface area contributed by atoms with Gasteiger partial charge in [-0.15, -0.1) is 0 Å². The molecule has 0 radical (unpaired) electrons. The lowest BCUT2D eigenvalue weighted by Crippen LogP contribution is -2.46. The molecule has 3 fully saturated rings. The molecule has 0 aromatic carbocycles. The molecule has 2 bridgehead atoms. The van der Waals surface area contributed by atoms with Gasteiger partial charge < -0.3 is 0 Å². The Bertz CT molecular complexity index is 233. The van der Waals surface area contributed by atoms with E-state index in [0.717, 1.165) is 0 Å². The van der Waals surface area contributed by atoms with E-state index >= 15 is 0 Å². The highest BCUT2D eigenvalue weighted by Gasteiger charge is 2.47. The van der Waals surface area contributed by atoms with E-state index in [9.17, 15) is 9.59 Å². The number of hydrogen-bond acceptors (Lipinski definition) is 2. The van der Waals surface area contributed by atoms with E-state index in [1.165, 1.54) is 25.7 Å². The van der Waals surface area contributed by atoms with Gasteiger partial charge in [-0.1, -0.05) is 0 Å². The van der Waals surface area contributed by atoms with Crippen molar-refractivity contribution in [3.63, 3.8) is 0 Å². The van der Waals surface area contributed by atoms with Crippen molar-refractivity contribution in [1.29, 1.82) is 0 Å². The van der Waals surface area contributed by atoms with E-state index < -0.39 is 0 Å². The molecule has 3 aliphatic rings. The normalized spacial score (nSPS) is 41.0. The summed E-state index contributed by atoms with van der Waals surface area (Å²) in [6.07, 6.45) is 4.66. The molecule has 78 valence electrons. The molecule has 3 rings (SSSR count). The molecule has 0 spiro atoms. The van der Waals surface area contributed by atoms with Crippen LogP contribution >= 0.6 is 0 Å². The molecule has 2 nitrogen and oxygen atoms in total. The van der Waals surface area contributed by atoms with Crippen molar-refractivity contribution in [2.45, 2.75) is 39.5 Å². The van der Waals surface area contributed by atoms with Gasteiger partial charge in [0.2, 0.25) is 0 Å². The predicted molar refractivity (Wildman–Crippen MR) is 53.8 cm³/mol. The topological polar surface area (TPSA) is 34.1 Å². The van der Waals surface area contributed by atoms with E-state index in [1.54, 1.807) is 13.8 Å². The molecule has 2 unspecified atom stereocenters. The summed E-state index contributed by atoms with van der Waals surface area (Å²) in [5, 5.41) is 0. The molecule has 3 saturated carbocycles. The summed E-state index contributed by atoms with van der Waals surface area (Å²) < 4.78 is 0. The van der Waals surface area contributed by atoms with E-state index in [0.29, 0.717) is 11.8 Å². The van der Waals surface area contributed by atoms with Crippen LogP contribution in [0.1, 0.15) is 39.5 Å². The van der Waals surface area contributed by atoms with Crippen LogP contribution in [0.15, 0.2) is 0 Å². The zero-order valence-electron chi connectivity index (χ0n) is 8.95. The maximum absolute atomic E-state index is 11.6. The van der Waals surface area contributed by atoms with Gasteiger partial charge in [-0.05, 0) is 51.4 Å². The lowest BCUT2D eigenvalue weighted by atomic mass is 9.56. The third kappa shape index (κ3) is 1.41. The Kier molecular flexibility index (Phi) is 2.46. The first-order chi connectivity index (χ1) is 6.61. The minimum Gasteiger partial charge on any atom is -0.300 e. The van der Waals surface area contributed by atoms with Crippen LogP contribution in [0, 0.1) is 23.7 Å². The summed E-state index contributed by atoms with van der Waals surface area (Å²) in [6.45, 7) is 3.31. The Hall–Kier alpha value is -0.660. The van der Waals surface area contributed by atoms with Gasteiger partial charge in [0, 0.05) is 11.8 Å². The average molecular weight is 194 g/mol. The summed E-state index contributed by atoms with van der Waals surface area (Å²) in [7, 11) is 0. The maximum atomic E-state index is 11.6. The van der Waals surface area contributed by atoms with Gasteiger partial charge in [0.1, 0.15) is 11.6 Å². The standard InChI is InChI=1S/C12H18O2/c1-7(13)11-9-3-5-10(6-4-9)12(11)8(2)14/h9-12H,3-6H2,1-2H3. The smallest absolute Gasteiger partial charge is 0.133 e. The molecule has 2 atom stereocenters. The summed E-state index contributed by atoms with van der Waals surface area (Å²) in [5.41, 5.74) is 0. The predicted octanol–water partition coefficient (Wildman–Crippen LogP) is 2.22. The molecule has 2 heteroatoms. The van der Waals surface area contributed by atoms with Crippen molar-refractivity contribution in [3.8, 4) is 0 Å². The third-order valence-electron chi connectivity index (χ3n) is 4.16. The van der Waals surface area contributed by atoms with Crippen LogP contribution < -0.4 is 0 Å². The zero-order chi connectivity index (χ0) is 10.3. The van der Waals surface area contributed by atoms with Gasteiger partial charge in [-0.25, -0.2) is 0 Å². The first-order valence-corrected chi connectivity index (χ1v) is 5.62. The second-order valence-electron chi connectivity index (χ2n) is 4.95. The van der Waals surface area contributed by atoms with E-state index in [2.05, 4.69) is 0 Å². The Balaban J connectivity index is 2.27. The van der Waals surface area contributed by atoms with Crippen LogP contribution in [-0.4, -0.2) is 11.6 Å². The largest absolute Gasteiger partial charge is 0.300 e. The summed E-state index contributed by atoms with van der Waals surface area (Å²) >= 11 is 0. The number of hydrogen-bond donors (Lipinski definition) is 0. The maximum Gasteiger partial charge on any atom is 0.133 e. The lowest BCUT2D eigenvalue weighted by Gasteiger charge is -2.46. The molecule has 0 aliphatic heterocycles. The zero-order valence-corrected chi connectivity index (χ0v) is 8.95. The fraction of sp³-hybridized carbons (Fsp3) is 0.833. The number of carbonyl (C=O) groups excluding carboxylic acids is 2. The quantitative estimate of drug-likeness (QED) is 0.675. The highest BCUT2D eigenvalue weighted by Crippen LogP contribution is 2.49. The molecule has 0 aromatic rings. The van der Waals surface area contributed by atoms with E-state index in [1.807, 2.05) is 0 Å². The fourth-order valence-corrected chi connectivity index (χ4v) is 3.62. The molecule has 3 aliphatic carbocycles. The van der Waals surface area contributed by atoms with Crippen molar-refractivity contribution >= 4 is 11.6 Å². The Morgan fingerprint density at radius 3 is 1.29 bits per heavy atom. The highest BCUT2D eigenvalue weighted by atomic mass is 16.1. The van der Waals surface area contributed by atoms with Crippen molar-refractivity contribution < 1.29 is 9.59 Å². The molecule has 0 amide bonds. The second kappa shape index (κ2) is 3.48. The van der Waals surface area contributed by atoms with Crippen LogP contribution in [-0.2, 0) is 9.59 Å². The first kappa shape index (κ1) is 9.88. The average Bonchev–Trinajstić information content (AvgIpc) is 2.17. The van der Waals surface area contributed by atoms with Gasteiger partial charge in [0.05, 0.1) is 0 Å². The van der Waals surface area contributed by atoms with Crippen LogP contribution in [0.3, 0.4) is 0 Å². The Morgan fingerprint density at radius 1 is 0.786 bits per heavy atom. The summed E-state index contributed by atoms with van der Waals surface area (Å²) in [4.78, 5) is 23.1.